The first kappa shape index (κ1) is 12.1. The lowest BCUT2D eigenvalue weighted by atomic mass is 10.1. The second kappa shape index (κ2) is 4.67. The molecule has 0 aliphatic rings. The average molecular weight is 281 g/mol. The first-order chi connectivity index (χ1) is 6.91. The van der Waals surface area contributed by atoms with Gasteiger partial charge in [0.2, 0.25) is 0 Å². The Morgan fingerprint density at radius 1 is 1.40 bits per heavy atom. The van der Waals surface area contributed by atoms with Gasteiger partial charge >= 0.3 is 5.97 Å². The summed E-state index contributed by atoms with van der Waals surface area (Å²) >= 11 is 2.91. The van der Waals surface area contributed by atoms with Crippen LogP contribution in [0.3, 0.4) is 0 Å². The van der Waals surface area contributed by atoms with Crippen LogP contribution in [-0.4, -0.2) is 16.2 Å². The molecule has 0 amide bonds. The third-order valence-electron chi connectivity index (χ3n) is 1.77. The number of aliphatic hydroxyl groups is 1. The van der Waals surface area contributed by atoms with Crippen LogP contribution in [-0.2, 0) is 4.79 Å². The number of benzene rings is 1. The predicted molar refractivity (Wildman–Crippen MR) is 51.3 cm³/mol. The zero-order valence-corrected chi connectivity index (χ0v) is 8.96. The fraction of sp³-hybridized carbons (Fsp3) is 0.222. The molecule has 0 bridgehead atoms. The number of rotatable bonds is 3. The molecule has 0 aliphatic carbocycles. The van der Waals surface area contributed by atoms with Gasteiger partial charge in [0.15, 0.2) is 11.6 Å². The number of hydrogen-bond donors (Lipinski definition) is 2. The van der Waals surface area contributed by atoms with E-state index in [-0.39, 0.29) is 10.0 Å². The number of carbonyl (C=O) groups is 1. The number of halogens is 3. The molecule has 1 rings (SSSR count). The third kappa shape index (κ3) is 2.97. The van der Waals surface area contributed by atoms with Crippen LogP contribution in [0.25, 0.3) is 0 Å². The largest absolute Gasteiger partial charge is 0.481 e. The minimum Gasteiger partial charge on any atom is -0.481 e. The van der Waals surface area contributed by atoms with E-state index in [1.807, 2.05) is 0 Å². The third-order valence-corrected chi connectivity index (χ3v) is 2.45. The van der Waals surface area contributed by atoms with Crippen LogP contribution in [0, 0.1) is 11.6 Å². The van der Waals surface area contributed by atoms with Gasteiger partial charge < -0.3 is 10.2 Å². The Morgan fingerprint density at radius 2 is 1.93 bits per heavy atom. The summed E-state index contributed by atoms with van der Waals surface area (Å²) in [7, 11) is 0. The van der Waals surface area contributed by atoms with Crippen molar-refractivity contribution < 1.29 is 23.8 Å². The average Bonchev–Trinajstić information content (AvgIpc) is 2.09. The Bertz CT molecular complexity index is 395. The number of carboxylic acid groups (broad SMARTS) is 1. The summed E-state index contributed by atoms with van der Waals surface area (Å²) in [6.07, 6.45) is -1.93. The van der Waals surface area contributed by atoms with Gasteiger partial charge in [0.25, 0.3) is 0 Å². The number of aliphatic carboxylic acids is 1. The van der Waals surface area contributed by atoms with Gasteiger partial charge in [-0.3, -0.25) is 4.79 Å². The van der Waals surface area contributed by atoms with E-state index in [4.69, 9.17) is 5.11 Å². The van der Waals surface area contributed by atoms with E-state index in [0.29, 0.717) is 0 Å². The minimum absolute atomic E-state index is 0.0105. The summed E-state index contributed by atoms with van der Waals surface area (Å²) in [5, 5.41) is 17.8. The summed E-state index contributed by atoms with van der Waals surface area (Å²) in [4.78, 5) is 10.3. The van der Waals surface area contributed by atoms with Crippen molar-refractivity contribution in [3.05, 3.63) is 33.8 Å². The molecule has 0 aromatic heterocycles. The summed E-state index contributed by atoms with van der Waals surface area (Å²) in [6, 6.07) is 1.61. The van der Waals surface area contributed by atoms with E-state index in [1.165, 1.54) is 0 Å². The second-order valence-corrected chi connectivity index (χ2v) is 3.76. The lowest BCUT2D eigenvalue weighted by molar-refractivity contribution is -0.139. The van der Waals surface area contributed by atoms with Crippen LogP contribution in [0.4, 0.5) is 8.78 Å². The maximum absolute atomic E-state index is 12.8. The van der Waals surface area contributed by atoms with Crippen molar-refractivity contribution in [2.24, 2.45) is 0 Å². The van der Waals surface area contributed by atoms with Crippen molar-refractivity contribution in [2.45, 2.75) is 12.5 Å². The van der Waals surface area contributed by atoms with E-state index < -0.39 is 30.1 Å². The summed E-state index contributed by atoms with van der Waals surface area (Å²) < 4.78 is 25.6. The van der Waals surface area contributed by atoms with Crippen molar-refractivity contribution in [1.29, 1.82) is 0 Å². The maximum Gasteiger partial charge on any atom is 0.306 e. The Hall–Kier alpha value is -1.01. The van der Waals surface area contributed by atoms with Crippen LogP contribution in [0.1, 0.15) is 18.1 Å². The smallest absolute Gasteiger partial charge is 0.306 e. The molecule has 0 radical (unpaired) electrons. The van der Waals surface area contributed by atoms with Crippen LogP contribution in [0.2, 0.25) is 0 Å². The van der Waals surface area contributed by atoms with E-state index in [9.17, 15) is 18.7 Å². The van der Waals surface area contributed by atoms with Crippen molar-refractivity contribution >= 4 is 21.9 Å². The standard InChI is InChI=1S/C9H7BrF2O3/c10-5-2-7(12)6(11)1-4(5)8(13)3-9(14)15/h1-2,8,13H,3H2,(H,14,15). The van der Waals surface area contributed by atoms with Gasteiger partial charge in [0.1, 0.15) is 0 Å². The molecule has 1 atom stereocenters. The molecule has 3 nitrogen and oxygen atoms in total. The fourth-order valence-corrected chi connectivity index (χ4v) is 1.65. The Kier molecular flexibility index (Phi) is 3.76. The molecule has 6 heteroatoms. The van der Waals surface area contributed by atoms with Crippen LogP contribution in [0.15, 0.2) is 16.6 Å². The highest BCUT2D eigenvalue weighted by Gasteiger charge is 2.17. The molecule has 0 saturated carbocycles. The highest BCUT2D eigenvalue weighted by Crippen LogP contribution is 2.27. The Labute approximate surface area is 92.5 Å². The molecule has 0 spiro atoms. The quantitative estimate of drug-likeness (QED) is 0.835. The van der Waals surface area contributed by atoms with Gasteiger partial charge in [-0.05, 0) is 17.7 Å². The monoisotopic (exact) mass is 280 g/mol. The Morgan fingerprint density at radius 3 is 2.47 bits per heavy atom. The van der Waals surface area contributed by atoms with E-state index in [1.54, 1.807) is 0 Å². The summed E-state index contributed by atoms with van der Waals surface area (Å²) in [5.74, 6) is -3.41. The predicted octanol–water partition coefficient (Wildman–Crippen LogP) is 2.24. The molecular weight excluding hydrogens is 274 g/mol. The molecule has 1 aromatic carbocycles. The van der Waals surface area contributed by atoms with Gasteiger partial charge in [-0.15, -0.1) is 0 Å². The van der Waals surface area contributed by atoms with Gasteiger partial charge in [-0.2, -0.15) is 0 Å². The molecular formula is C9H7BrF2O3. The number of carboxylic acids is 1. The van der Waals surface area contributed by atoms with Crippen molar-refractivity contribution in [1.82, 2.24) is 0 Å². The topological polar surface area (TPSA) is 57.5 Å². The van der Waals surface area contributed by atoms with E-state index >= 15 is 0 Å². The van der Waals surface area contributed by atoms with Gasteiger partial charge in [0, 0.05) is 4.47 Å². The van der Waals surface area contributed by atoms with Crippen LogP contribution in [0.5, 0.6) is 0 Å². The lowest BCUT2D eigenvalue weighted by Gasteiger charge is -2.10. The molecule has 1 unspecified atom stereocenters. The summed E-state index contributed by atoms with van der Waals surface area (Å²) in [6.45, 7) is 0. The fourth-order valence-electron chi connectivity index (χ4n) is 1.07. The second-order valence-electron chi connectivity index (χ2n) is 2.90. The first-order valence-corrected chi connectivity index (χ1v) is 4.75. The highest BCUT2D eigenvalue weighted by molar-refractivity contribution is 9.10. The summed E-state index contributed by atoms with van der Waals surface area (Å²) in [5.41, 5.74) is 0.0105. The molecule has 1 aromatic rings. The van der Waals surface area contributed by atoms with Crippen molar-refractivity contribution in [2.75, 3.05) is 0 Å². The van der Waals surface area contributed by atoms with Gasteiger partial charge in [-0.25, -0.2) is 8.78 Å². The molecule has 0 heterocycles. The number of hydrogen-bond acceptors (Lipinski definition) is 2. The maximum atomic E-state index is 12.8. The molecule has 15 heavy (non-hydrogen) atoms. The number of aliphatic hydroxyl groups excluding tert-OH is 1. The van der Waals surface area contributed by atoms with E-state index in [0.717, 1.165) is 12.1 Å². The van der Waals surface area contributed by atoms with Crippen LogP contribution >= 0.6 is 15.9 Å². The molecule has 0 fully saturated rings. The normalized spacial score (nSPS) is 12.5. The molecule has 2 N–H and O–H groups in total. The Balaban J connectivity index is 3.03. The lowest BCUT2D eigenvalue weighted by Crippen LogP contribution is -2.07. The van der Waals surface area contributed by atoms with Crippen molar-refractivity contribution in [3.63, 3.8) is 0 Å². The van der Waals surface area contributed by atoms with E-state index in [2.05, 4.69) is 15.9 Å². The molecule has 0 aliphatic heterocycles. The SMILES string of the molecule is O=C(O)CC(O)c1cc(F)c(F)cc1Br. The molecule has 82 valence electrons. The zero-order valence-electron chi connectivity index (χ0n) is 7.38. The molecule has 0 saturated heterocycles. The van der Waals surface area contributed by atoms with Crippen LogP contribution < -0.4 is 0 Å². The van der Waals surface area contributed by atoms with Gasteiger partial charge in [0.05, 0.1) is 12.5 Å². The highest BCUT2D eigenvalue weighted by atomic mass is 79.9. The minimum atomic E-state index is -1.37. The first-order valence-electron chi connectivity index (χ1n) is 3.96. The van der Waals surface area contributed by atoms with Gasteiger partial charge in [-0.1, -0.05) is 15.9 Å². The van der Waals surface area contributed by atoms with Crippen molar-refractivity contribution in [3.8, 4) is 0 Å². The zero-order chi connectivity index (χ0) is 11.6.